The molecule has 20 heavy (non-hydrogen) atoms. The lowest BCUT2D eigenvalue weighted by molar-refractivity contribution is 0.687. The van der Waals surface area contributed by atoms with E-state index in [1.807, 2.05) is 6.07 Å². The summed E-state index contributed by atoms with van der Waals surface area (Å²) in [5, 5.41) is 0. The van der Waals surface area contributed by atoms with Crippen molar-refractivity contribution in [2.24, 2.45) is 0 Å². The fourth-order valence-electron chi connectivity index (χ4n) is 3.05. The molecule has 0 unspecified atom stereocenters. The quantitative estimate of drug-likeness (QED) is 0.924. The molecule has 3 nitrogen and oxygen atoms in total. The molecule has 2 aromatic rings. The Labute approximate surface area is 120 Å². The minimum atomic E-state index is 0.580. The standard InChI is InChI=1S/C17H21N3/c1-12-5-4-6-13(9-12)10-17-19-15(11-16(18)20-17)14-7-2-3-8-14/h4-6,9,11,14H,2-3,7-8,10H2,1H3,(H2,18,19,20). The second-order valence-corrected chi connectivity index (χ2v) is 5.78. The summed E-state index contributed by atoms with van der Waals surface area (Å²) in [6, 6.07) is 10.4. The third-order valence-electron chi connectivity index (χ3n) is 4.03. The largest absolute Gasteiger partial charge is 0.384 e. The number of hydrogen-bond acceptors (Lipinski definition) is 3. The highest BCUT2D eigenvalue weighted by molar-refractivity contribution is 5.33. The molecule has 1 aliphatic rings. The Kier molecular flexibility index (Phi) is 3.68. The lowest BCUT2D eigenvalue weighted by Gasteiger charge is -2.11. The van der Waals surface area contributed by atoms with E-state index < -0.39 is 0 Å². The number of nitrogens with zero attached hydrogens (tertiary/aromatic N) is 2. The average molecular weight is 267 g/mol. The smallest absolute Gasteiger partial charge is 0.135 e. The Bertz CT molecular complexity index is 601. The number of anilines is 1. The fraction of sp³-hybridized carbons (Fsp3) is 0.412. The van der Waals surface area contributed by atoms with Gasteiger partial charge in [-0.05, 0) is 25.3 Å². The molecule has 0 spiro atoms. The molecular weight excluding hydrogens is 246 g/mol. The normalized spacial score (nSPS) is 15.7. The van der Waals surface area contributed by atoms with Crippen molar-refractivity contribution in [2.45, 2.75) is 44.9 Å². The summed E-state index contributed by atoms with van der Waals surface area (Å²) in [6.07, 6.45) is 5.84. The van der Waals surface area contributed by atoms with Gasteiger partial charge in [-0.25, -0.2) is 9.97 Å². The van der Waals surface area contributed by atoms with E-state index in [1.54, 1.807) is 0 Å². The van der Waals surface area contributed by atoms with Crippen LogP contribution in [0.25, 0.3) is 0 Å². The van der Waals surface area contributed by atoms with Crippen molar-refractivity contribution in [1.29, 1.82) is 0 Å². The van der Waals surface area contributed by atoms with Crippen LogP contribution in [0.2, 0.25) is 0 Å². The van der Waals surface area contributed by atoms with E-state index in [0.29, 0.717) is 11.7 Å². The fourth-order valence-corrected chi connectivity index (χ4v) is 3.05. The topological polar surface area (TPSA) is 51.8 Å². The molecule has 3 heteroatoms. The molecule has 1 aliphatic carbocycles. The molecule has 2 N–H and O–H groups in total. The van der Waals surface area contributed by atoms with Crippen LogP contribution in [-0.4, -0.2) is 9.97 Å². The molecule has 1 aromatic heterocycles. The molecule has 1 fully saturated rings. The third kappa shape index (κ3) is 2.98. The predicted molar refractivity (Wildman–Crippen MR) is 81.6 cm³/mol. The Hall–Kier alpha value is -1.90. The molecule has 1 heterocycles. The summed E-state index contributed by atoms with van der Waals surface area (Å²) >= 11 is 0. The van der Waals surface area contributed by atoms with Crippen LogP contribution >= 0.6 is 0 Å². The summed E-state index contributed by atoms with van der Waals surface area (Å²) in [4.78, 5) is 9.15. The first kappa shape index (κ1) is 13.1. The van der Waals surface area contributed by atoms with Crippen LogP contribution < -0.4 is 5.73 Å². The summed E-state index contributed by atoms with van der Waals surface area (Å²) in [5.74, 6) is 2.03. The van der Waals surface area contributed by atoms with Crippen molar-refractivity contribution >= 4 is 5.82 Å². The zero-order chi connectivity index (χ0) is 13.9. The molecule has 0 radical (unpaired) electrons. The summed E-state index contributed by atoms with van der Waals surface area (Å²) < 4.78 is 0. The maximum absolute atomic E-state index is 5.96. The zero-order valence-electron chi connectivity index (χ0n) is 12.0. The first-order valence-electron chi connectivity index (χ1n) is 7.39. The summed E-state index contributed by atoms with van der Waals surface area (Å²) in [5.41, 5.74) is 9.61. The molecule has 1 saturated carbocycles. The molecule has 0 atom stereocenters. The second kappa shape index (κ2) is 5.61. The maximum atomic E-state index is 5.96. The number of nitrogen functional groups attached to an aromatic ring is 1. The Morgan fingerprint density at radius 1 is 1.15 bits per heavy atom. The van der Waals surface area contributed by atoms with Gasteiger partial charge in [0, 0.05) is 24.1 Å². The van der Waals surface area contributed by atoms with Crippen molar-refractivity contribution in [3.05, 3.63) is 53.0 Å². The number of nitrogens with two attached hydrogens (primary N) is 1. The SMILES string of the molecule is Cc1cccc(Cc2nc(N)cc(C3CCCC3)n2)c1. The van der Waals surface area contributed by atoms with Crippen LogP contribution in [0.1, 0.15) is 54.2 Å². The molecule has 0 saturated heterocycles. The van der Waals surface area contributed by atoms with Gasteiger partial charge >= 0.3 is 0 Å². The molecule has 3 rings (SSSR count). The van der Waals surface area contributed by atoms with Crippen LogP contribution in [0, 0.1) is 6.92 Å². The van der Waals surface area contributed by atoms with Crippen molar-refractivity contribution in [3.63, 3.8) is 0 Å². The summed E-state index contributed by atoms with van der Waals surface area (Å²) in [6.45, 7) is 2.10. The van der Waals surface area contributed by atoms with Gasteiger partial charge in [0.25, 0.3) is 0 Å². The van der Waals surface area contributed by atoms with E-state index in [4.69, 9.17) is 10.7 Å². The number of rotatable bonds is 3. The molecule has 0 aliphatic heterocycles. The first-order valence-corrected chi connectivity index (χ1v) is 7.39. The molecule has 1 aromatic carbocycles. The Morgan fingerprint density at radius 2 is 1.95 bits per heavy atom. The van der Waals surface area contributed by atoms with E-state index in [9.17, 15) is 0 Å². The highest BCUT2D eigenvalue weighted by atomic mass is 14.9. The van der Waals surface area contributed by atoms with Crippen molar-refractivity contribution in [2.75, 3.05) is 5.73 Å². The first-order chi connectivity index (χ1) is 9.70. The molecular formula is C17H21N3. The molecule has 0 amide bonds. The van der Waals surface area contributed by atoms with Crippen LogP contribution in [0.4, 0.5) is 5.82 Å². The lowest BCUT2D eigenvalue weighted by atomic mass is 10.0. The van der Waals surface area contributed by atoms with E-state index in [-0.39, 0.29) is 0 Å². The summed E-state index contributed by atoms with van der Waals surface area (Å²) in [7, 11) is 0. The highest BCUT2D eigenvalue weighted by Crippen LogP contribution is 2.33. The number of hydrogen-bond donors (Lipinski definition) is 1. The third-order valence-corrected chi connectivity index (χ3v) is 4.03. The van der Waals surface area contributed by atoms with Crippen LogP contribution in [0.5, 0.6) is 0 Å². The van der Waals surface area contributed by atoms with E-state index in [2.05, 4.69) is 36.2 Å². The van der Waals surface area contributed by atoms with Gasteiger partial charge in [0.15, 0.2) is 0 Å². The highest BCUT2D eigenvalue weighted by Gasteiger charge is 2.19. The minimum Gasteiger partial charge on any atom is -0.384 e. The lowest BCUT2D eigenvalue weighted by Crippen LogP contribution is -2.06. The molecule has 104 valence electrons. The van der Waals surface area contributed by atoms with Crippen LogP contribution in [-0.2, 0) is 6.42 Å². The maximum Gasteiger partial charge on any atom is 0.135 e. The van der Waals surface area contributed by atoms with Gasteiger partial charge in [-0.2, -0.15) is 0 Å². The number of benzene rings is 1. The van der Waals surface area contributed by atoms with Gasteiger partial charge in [-0.1, -0.05) is 42.7 Å². The number of aryl methyl sites for hydroxylation is 1. The minimum absolute atomic E-state index is 0.580. The van der Waals surface area contributed by atoms with E-state index in [0.717, 1.165) is 17.9 Å². The van der Waals surface area contributed by atoms with Gasteiger partial charge in [0.2, 0.25) is 0 Å². The van der Waals surface area contributed by atoms with Gasteiger partial charge in [0.1, 0.15) is 11.6 Å². The zero-order valence-corrected chi connectivity index (χ0v) is 12.0. The molecule has 0 bridgehead atoms. The second-order valence-electron chi connectivity index (χ2n) is 5.78. The van der Waals surface area contributed by atoms with Crippen LogP contribution in [0.15, 0.2) is 30.3 Å². The monoisotopic (exact) mass is 267 g/mol. The van der Waals surface area contributed by atoms with Gasteiger partial charge in [-0.3, -0.25) is 0 Å². The van der Waals surface area contributed by atoms with Crippen molar-refractivity contribution < 1.29 is 0 Å². The number of aromatic nitrogens is 2. The van der Waals surface area contributed by atoms with Crippen LogP contribution in [0.3, 0.4) is 0 Å². The van der Waals surface area contributed by atoms with E-state index >= 15 is 0 Å². The predicted octanol–water partition coefficient (Wildman–Crippen LogP) is 3.62. The van der Waals surface area contributed by atoms with Crippen molar-refractivity contribution in [3.8, 4) is 0 Å². The van der Waals surface area contributed by atoms with E-state index in [1.165, 1.54) is 36.8 Å². The Morgan fingerprint density at radius 3 is 2.70 bits per heavy atom. The van der Waals surface area contributed by atoms with Gasteiger partial charge < -0.3 is 5.73 Å². The van der Waals surface area contributed by atoms with Crippen molar-refractivity contribution in [1.82, 2.24) is 9.97 Å². The van der Waals surface area contributed by atoms with Gasteiger partial charge in [0.05, 0.1) is 0 Å². The Balaban J connectivity index is 1.85. The van der Waals surface area contributed by atoms with Gasteiger partial charge in [-0.15, -0.1) is 0 Å². The average Bonchev–Trinajstić information content (AvgIpc) is 2.91.